The van der Waals surface area contributed by atoms with E-state index in [1.807, 2.05) is 19.9 Å². The maximum absolute atomic E-state index is 11.8. The summed E-state index contributed by atoms with van der Waals surface area (Å²) in [6.07, 6.45) is 0.978. The van der Waals surface area contributed by atoms with Gasteiger partial charge < -0.3 is 10.1 Å². The number of hydrogen-bond donors (Lipinski definition) is 1. The van der Waals surface area contributed by atoms with E-state index < -0.39 is 0 Å². The number of aryl methyl sites for hydroxylation is 2. The van der Waals surface area contributed by atoms with E-state index in [9.17, 15) is 4.79 Å². The highest BCUT2D eigenvalue weighted by molar-refractivity contribution is 7.14. The first-order valence-corrected chi connectivity index (χ1v) is 6.95. The van der Waals surface area contributed by atoms with Crippen molar-refractivity contribution in [3.8, 4) is 0 Å². The second kappa shape index (κ2) is 7.34. The summed E-state index contributed by atoms with van der Waals surface area (Å²) >= 11 is 1.57. The standard InChI is InChI=1S/C14H21NO2S/c1-5-12-11(4)8-13(18-12)14(16)15-6-7-17-9-10(2)3/h8H,2,5-7,9H2,1,3-4H3,(H,15,16). The Hall–Kier alpha value is -1.13. The van der Waals surface area contributed by atoms with Crippen molar-refractivity contribution in [2.45, 2.75) is 27.2 Å². The lowest BCUT2D eigenvalue weighted by molar-refractivity contribution is 0.0930. The van der Waals surface area contributed by atoms with Crippen LogP contribution in [0.25, 0.3) is 0 Å². The highest BCUT2D eigenvalue weighted by Crippen LogP contribution is 2.21. The molecule has 1 N–H and O–H groups in total. The van der Waals surface area contributed by atoms with Gasteiger partial charge in [-0.2, -0.15) is 0 Å². The van der Waals surface area contributed by atoms with Gasteiger partial charge in [0.2, 0.25) is 0 Å². The summed E-state index contributed by atoms with van der Waals surface area (Å²) in [5, 5.41) is 2.85. The lowest BCUT2D eigenvalue weighted by Gasteiger charge is -2.05. The van der Waals surface area contributed by atoms with Gasteiger partial charge >= 0.3 is 0 Å². The zero-order valence-corrected chi connectivity index (χ0v) is 12.2. The van der Waals surface area contributed by atoms with Crippen molar-refractivity contribution in [1.29, 1.82) is 0 Å². The maximum atomic E-state index is 11.8. The first-order valence-electron chi connectivity index (χ1n) is 6.14. The van der Waals surface area contributed by atoms with Crippen molar-refractivity contribution in [2.24, 2.45) is 0 Å². The van der Waals surface area contributed by atoms with Crippen LogP contribution in [0.4, 0.5) is 0 Å². The molecule has 0 aliphatic heterocycles. The number of ether oxygens (including phenoxy) is 1. The second-order valence-electron chi connectivity index (χ2n) is 4.34. The Morgan fingerprint density at radius 1 is 1.56 bits per heavy atom. The van der Waals surface area contributed by atoms with E-state index in [-0.39, 0.29) is 5.91 Å². The molecule has 0 unspecified atom stereocenters. The zero-order chi connectivity index (χ0) is 13.5. The Kier molecular flexibility index (Phi) is 6.09. The SMILES string of the molecule is C=C(C)COCCNC(=O)c1cc(C)c(CC)s1. The topological polar surface area (TPSA) is 38.3 Å². The highest BCUT2D eigenvalue weighted by atomic mass is 32.1. The molecule has 18 heavy (non-hydrogen) atoms. The number of thiophene rings is 1. The molecule has 0 aromatic carbocycles. The van der Waals surface area contributed by atoms with Gasteiger partial charge in [0.15, 0.2) is 0 Å². The van der Waals surface area contributed by atoms with Crippen LogP contribution in [0.3, 0.4) is 0 Å². The molecular weight excluding hydrogens is 246 g/mol. The summed E-state index contributed by atoms with van der Waals surface area (Å²) in [4.78, 5) is 13.9. The maximum Gasteiger partial charge on any atom is 0.261 e. The number of nitrogens with one attached hydrogen (secondary N) is 1. The summed E-state index contributed by atoms with van der Waals surface area (Å²) in [6.45, 7) is 11.4. The normalized spacial score (nSPS) is 10.4. The van der Waals surface area contributed by atoms with Gasteiger partial charge in [0.1, 0.15) is 0 Å². The van der Waals surface area contributed by atoms with Crippen LogP contribution in [-0.2, 0) is 11.2 Å². The van der Waals surface area contributed by atoms with Gasteiger partial charge in [-0.05, 0) is 31.9 Å². The minimum absolute atomic E-state index is 0.0123. The molecule has 0 radical (unpaired) electrons. The summed E-state index contributed by atoms with van der Waals surface area (Å²) in [6, 6.07) is 1.95. The molecule has 1 heterocycles. The molecule has 0 aliphatic carbocycles. The molecule has 0 saturated carbocycles. The Morgan fingerprint density at radius 2 is 2.28 bits per heavy atom. The molecule has 0 spiro atoms. The zero-order valence-electron chi connectivity index (χ0n) is 11.3. The molecule has 1 aromatic rings. The number of amides is 1. The molecule has 1 rings (SSSR count). The summed E-state index contributed by atoms with van der Waals surface area (Å²) in [5.74, 6) is -0.0123. The third kappa shape index (κ3) is 4.63. The van der Waals surface area contributed by atoms with Crippen molar-refractivity contribution in [2.75, 3.05) is 19.8 Å². The quantitative estimate of drug-likeness (QED) is 0.609. The molecule has 4 heteroatoms. The molecule has 3 nitrogen and oxygen atoms in total. The van der Waals surface area contributed by atoms with Gasteiger partial charge in [0.05, 0.1) is 18.1 Å². The smallest absolute Gasteiger partial charge is 0.261 e. The monoisotopic (exact) mass is 267 g/mol. The predicted molar refractivity (Wildman–Crippen MR) is 76.4 cm³/mol. The minimum Gasteiger partial charge on any atom is -0.375 e. The van der Waals surface area contributed by atoms with Crippen LogP contribution in [0.2, 0.25) is 0 Å². The van der Waals surface area contributed by atoms with E-state index in [0.717, 1.165) is 16.9 Å². The van der Waals surface area contributed by atoms with E-state index in [1.165, 1.54) is 10.4 Å². The van der Waals surface area contributed by atoms with E-state index in [0.29, 0.717) is 19.8 Å². The van der Waals surface area contributed by atoms with E-state index in [1.54, 1.807) is 11.3 Å². The fourth-order valence-electron chi connectivity index (χ4n) is 1.55. The Bertz CT molecular complexity index is 423. The van der Waals surface area contributed by atoms with Crippen LogP contribution in [-0.4, -0.2) is 25.7 Å². The molecule has 1 amide bonds. The van der Waals surface area contributed by atoms with Crippen molar-refractivity contribution in [3.63, 3.8) is 0 Å². The van der Waals surface area contributed by atoms with Crippen molar-refractivity contribution in [3.05, 3.63) is 33.5 Å². The summed E-state index contributed by atoms with van der Waals surface area (Å²) in [7, 11) is 0. The molecule has 100 valence electrons. The largest absolute Gasteiger partial charge is 0.375 e. The molecule has 1 aromatic heterocycles. The summed E-state index contributed by atoms with van der Waals surface area (Å²) < 4.78 is 5.32. The van der Waals surface area contributed by atoms with Crippen LogP contribution in [0, 0.1) is 6.92 Å². The van der Waals surface area contributed by atoms with Crippen molar-refractivity contribution >= 4 is 17.2 Å². The molecule has 0 aliphatic rings. The highest BCUT2D eigenvalue weighted by Gasteiger charge is 2.10. The second-order valence-corrected chi connectivity index (χ2v) is 5.47. The van der Waals surface area contributed by atoms with E-state index >= 15 is 0 Å². The molecule has 0 saturated heterocycles. The van der Waals surface area contributed by atoms with Gasteiger partial charge in [-0.1, -0.05) is 19.1 Å². The van der Waals surface area contributed by atoms with Gasteiger partial charge in [-0.3, -0.25) is 4.79 Å². The predicted octanol–water partition coefficient (Wildman–Crippen LogP) is 2.94. The van der Waals surface area contributed by atoms with Gasteiger partial charge in [0, 0.05) is 11.4 Å². The van der Waals surface area contributed by atoms with Gasteiger partial charge in [-0.15, -0.1) is 11.3 Å². The Morgan fingerprint density at radius 3 is 2.83 bits per heavy atom. The van der Waals surface area contributed by atoms with Crippen LogP contribution < -0.4 is 5.32 Å². The van der Waals surface area contributed by atoms with E-state index in [2.05, 4.69) is 18.8 Å². The minimum atomic E-state index is -0.0123. The first kappa shape index (κ1) is 14.9. The Balaban J connectivity index is 2.34. The lowest BCUT2D eigenvalue weighted by atomic mass is 10.2. The van der Waals surface area contributed by atoms with Gasteiger partial charge in [-0.25, -0.2) is 0 Å². The van der Waals surface area contributed by atoms with Crippen LogP contribution in [0.15, 0.2) is 18.2 Å². The molecule has 0 atom stereocenters. The number of hydrogen-bond acceptors (Lipinski definition) is 3. The molecular formula is C14H21NO2S. The van der Waals surface area contributed by atoms with E-state index in [4.69, 9.17) is 4.74 Å². The fraction of sp³-hybridized carbons (Fsp3) is 0.500. The average molecular weight is 267 g/mol. The first-order chi connectivity index (χ1) is 8.54. The number of carbonyl (C=O) groups excluding carboxylic acids is 1. The van der Waals surface area contributed by atoms with Gasteiger partial charge in [0.25, 0.3) is 5.91 Å². The fourth-order valence-corrected chi connectivity index (χ4v) is 2.58. The third-order valence-electron chi connectivity index (χ3n) is 2.45. The summed E-state index contributed by atoms with van der Waals surface area (Å²) in [5.41, 5.74) is 2.19. The number of carbonyl (C=O) groups is 1. The third-order valence-corrected chi connectivity index (χ3v) is 3.83. The van der Waals surface area contributed by atoms with Crippen LogP contribution in [0.5, 0.6) is 0 Å². The molecule has 0 fully saturated rings. The number of rotatable bonds is 7. The average Bonchev–Trinajstić information content (AvgIpc) is 2.69. The van der Waals surface area contributed by atoms with Crippen LogP contribution >= 0.6 is 11.3 Å². The Labute approximate surface area is 113 Å². The van der Waals surface area contributed by atoms with Crippen molar-refractivity contribution in [1.82, 2.24) is 5.32 Å². The lowest BCUT2D eigenvalue weighted by Crippen LogP contribution is -2.26. The van der Waals surface area contributed by atoms with Crippen LogP contribution in [0.1, 0.15) is 34.0 Å². The van der Waals surface area contributed by atoms with Crippen molar-refractivity contribution < 1.29 is 9.53 Å². The molecule has 0 bridgehead atoms.